The molecule has 0 radical (unpaired) electrons. The summed E-state index contributed by atoms with van der Waals surface area (Å²) < 4.78 is 30.1. The summed E-state index contributed by atoms with van der Waals surface area (Å²) in [7, 11) is -1.80. The number of hydrogen-bond acceptors (Lipinski definition) is 4. The summed E-state index contributed by atoms with van der Waals surface area (Å²) in [6.07, 6.45) is 6.83. The van der Waals surface area contributed by atoms with E-state index in [2.05, 4.69) is 5.32 Å². The van der Waals surface area contributed by atoms with Crippen LogP contribution in [0.15, 0.2) is 24.3 Å². The minimum Gasteiger partial charge on any atom is -0.481 e. The summed E-state index contributed by atoms with van der Waals surface area (Å²) in [5.74, 6) is 0.475. The molecule has 6 nitrogen and oxygen atoms in total. The monoisotopic (exact) mass is 368 g/mol. The van der Waals surface area contributed by atoms with Gasteiger partial charge in [0.05, 0.1) is 11.9 Å². The lowest BCUT2D eigenvalue weighted by molar-refractivity contribution is -0.129. The summed E-state index contributed by atoms with van der Waals surface area (Å²) in [6.45, 7) is 1.91. The molecular weight excluding hydrogens is 340 g/mol. The number of amides is 1. The first kappa shape index (κ1) is 19.6. The molecule has 1 aromatic carbocycles. The fourth-order valence-corrected chi connectivity index (χ4v) is 3.46. The van der Waals surface area contributed by atoms with Crippen molar-refractivity contribution in [3.8, 4) is 5.75 Å². The van der Waals surface area contributed by atoms with Gasteiger partial charge in [-0.2, -0.15) is 0 Å². The van der Waals surface area contributed by atoms with E-state index < -0.39 is 16.1 Å². The Morgan fingerprint density at radius 2 is 1.84 bits per heavy atom. The second-order valence-electron chi connectivity index (χ2n) is 6.58. The Bertz CT molecular complexity index is 667. The quantitative estimate of drug-likeness (QED) is 0.803. The maximum atomic E-state index is 12.4. The zero-order valence-corrected chi connectivity index (χ0v) is 16.0. The maximum Gasteiger partial charge on any atom is 0.261 e. The van der Waals surface area contributed by atoms with Crippen molar-refractivity contribution >= 4 is 21.6 Å². The third kappa shape index (κ3) is 5.63. The lowest BCUT2D eigenvalue weighted by Gasteiger charge is -2.25. The van der Waals surface area contributed by atoms with Crippen molar-refractivity contribution in [1.29, 1.82) is 0 Å². The van der Waals surface area contributed by atoms with Crippen LogP contribution in [0.3, 0.4) is 0 Å². The van der Waals surface area contributed by atoms with Crippen molar-refractivity contribution in [3.63, 3.8) is 0 Å². The molecule has 1 atom stereocenters. The van der Waals surface area contributed by atoms with Crippen LogP contribution in [0.2, 0.25) is 0 Å². The molecule has 1 amide bonds. The van der Waals surface area contributed by atoms with Crippen LogP contribution < -0.4 is 14.4 Å². The number of benzene rings is 1. The Balaban J connectivity index is 1.97. The third-order valence-electron chi connectivity index (χ3n) is 4.59. The van der Waals surface area contributed by atoms with Crippen molar-refractivity contribution in [3.05, 3.63) is 24.3 Å². The fraction of sp³-hybridized carbons (Fsp3) is 0.611. The minimum absolute atomic E-state index is 0.0771. The molecular formula is C18H28N2O4S. The Morgan fingerprint density at radius 1 is 1.24 bits per heavy atom. The average molecular weight is 368 g/mol. The number of sulfonamides is 1. The molecule has 2 rings (SSSR count). The molecule has 1 unspecified atom stereocenters. The smallest absolute Gasteiger partial charge is 0.261 e. The van der Waals surface area contributed by atoms with E-state index in [-0.39, 0.29) is 11.9 Å². The van der Waals surface area contributed by atoms with Crippen LogP contribution in [-0.2, 0) is 14.8 Å². The molecule has 1 fully saturated rings. The van der Waals surface area contributed by atoms with Gasteiger partial charge in [0.1, 0.15) is 5.75 Å². The van der Waals surface area contributed by atoms with Crippen LogP contribution in [0.4, 0.5) is 5.69 Å². The van der Waals surface area contributed by atoms with Crippen molar-refractivity contribution in [2.75, 3.05) is 17.6 Å². The van der Waals surface area contributed by atoms with Crippen LogP contribution in [0.5, 0.6) is 5.75 Å². The Hall–Kier alpha value is -1.76. The predicted molar refractivity (Wildman–Crippen MR) is 99.4 cm³/mol. The van der Waals surface area contributed by atoms with Crippen molar-refractivity contribution in [2.24, 2.45) is 0 Å². The molecule has 0 saturated heterocycles. The molecule has 0 aromatic heterocycles. The third-order valence-corrected chi connectivity index (χ3v) is 5.80. The lowest BCUT2D eigenvalue weighted by atomic mass is 9.95. The molecule has 1 aromatic rings. The molecule has 140 valence electrons. The Kier molecular flexibility index (Phi) is 6.70. The summed E-state index contributed by atoms with van der Waals surface area (Å²) in [4.78, 5) is 12.4. The molecule has 0 spiro atoms. The van der Waals surface area contributed by atoms with Crippen molar-refractivity contribution in [2.45, 2.75) is 57.6 Å². The number of carbonyl (C=O) groups excluding carboxylic acids is 1. The van der Waals surface area contributed by atoms with E-state index in [1.807, 2.05) is 6.92 Å². The lowest BCUT2D eigenvalue weighted by Crippen LogP contribution is -2.44. The standard InChI is InChI=1S/C18H28N2O4S/c1-4-17(18(21)19-14-8-6-5-7-9-14)24-16-12-10-15(11-13-16)20(2)25(3,22)23/h10-14,17H,4-9H2,1-3H3,(H,19,21). The van der Waals surface area contributed by atoms with E-state index in [9.17, 15) is 13.2 Å². The molecule has 0 aliphatic heterocycles. The molecule has 1 saturated carbocycles. The number of rotatable bonds is 7. The first-order valence-corrected chi connectivity index (χ1v) is 10.7. The number of nitrogens with zero attached hydrogens (tertiary/aromatic N) is 1. The van der Waals surface area contributed by atoms with Gasteiger partial charge in [0.15, 0.2) is 6.10 Å². The van der Waals surface area contributed by atoms with E-state index in [0.29, 0.717) is 17.9 Å². The van der Waals surface area contributed by atoms with Gasteiger partial charge in [-0.05, 0) is 43.5 Å². The molecule has 1 aliphatic rings. The zero-order valence-electron chi connectivity index (χ0n) is 15.2. The highest BCUT2D eigenvalue weighted by Gasteiger charge is 2.23. The normalized spacial score (nSPS) is 16.9. The van der Waals surface area contributed by atoms with E-state index in [4.69, 9.17) is 4.74 Å². The fourth-order valence-electron chi connectivity index (χ4n) is 2.95. The van der Waals surface area contributed by atoms with Crippen LogP contribution in [0.1, 0.15) is 45.4 Å². The summed E-state index contributed by atoms with van der Waals surface area (Å²) >= 11 is 0. The second-order valence-corrected chi connectivity index (χ2v) is 8.60. The van der Waals surface area contributed by atoms with Crippen molar-refractivity contribution < 1.29 is 17.9 Å². The first-order valence-electron chi connectivity index (χ1n) is 8.82. The van der Waals surface area contributed by atoms with Gasteiger partial charge in [-0.25, -0.2) is 8.42 Å². The number of anilines is 1. The van der Waals surface area contributed by atoms with E-state index >= 15 is 0 Å². The molecule has 0 heterocycles. The van der Waals surface area contributed by atoms with Crippen LogP contribution in [0, 0.1) is 0 Å². The van der Waals surface area contributed by atoms with Crippen LogP contribution >= 0.6 is 0 Å². The number of carbonyl (C=O) groups is 1. The molecule has 1 N–H and O–H groups in total. The largest absolute Gasteiger partial charge is 0.481 e. The summed E-state index contributed by atoms with van der Waals surface area (Å²) in [5, 5.41) is 3.09. The highest BCUT2D eigenvalue weighted by Crippen LogP contribution is 2.22. The summed E-state index contributed by atoms with van der Waals surface area (Å²) in [6, 6.07) is 6.97. The van der Waals surface area contributed by atoms with Gasteiger partial charge in [0.25, 0.3) is 5.91 Å². The minimum atomic E-state index is -3.30. The van der Waals surface area contributed by atoms with Gasteiger partial charge in [-0.1, -0.05) is 26.2 Å². The molecule has 0 bridgehead atoms. The van der Waals surface area contributed by atoms with E-state index in [1.165, 1.54) is 17.8 Å². The van der Waals surface area contributed by atoms with E-state index in [1.54, 1.807) is 24.3 Å². The highest BCUT2D eigenvalue weighted by atomic mass is 32.2. The number of hydrogen-bond donors (Lipinski definition) is 1. The average Bonchev–Trinajstić information content (AvgIpc) is 2.59. The van der Waals surface area contributed by atoms with Gasteiger partial charge in [0, 0.05) is 13.1 Å². The van der Waals surface area contributed by atoms with Crippen molar-refractivity contribution in [1.82, 2.24) is 5.32 Å². The SMILES string of the molecule is CCC(Oc1ccc(N(C)S(C)(=O)=O)cc1)C(=O)NC1CCCCC1. The second kappa shape index (κ2) is 8.56. The van der Waals surface area contributed by atoms with E-state index in [0.717, 1.165) is 31.9 Å². The Labute approximate surface area is 150 Å². The number of nitrogens with one attached hydrogen (secondary N) is 1. The first-order chi connectivity index (χ1) is 11.8. The maximum absolute atomic E-state index is 12.4. The summed E-state index contributed by atoms with van der Waals surface area (Å²) in [5.41, 5.74) is 0.551. The molecule has 1 aliphatic carbocycles. The van der Waals surface area contributed by atoms with Gasteiger partial charge < -0.3 is 10.1 Å². The zero-order chi connectivity index (χ0) is 18.4. The van der Waals surface area contributed by atoms with Gasteiger partial charge in [-0.15, -0.1) is 0 Å². The Morgan fingerprint density at radius 3 is 2.36 bits per heavy atom. The topological polar surface area (TPSA) is 75.7 Å². The predicted octanol–water partition coefficient (Wildman–Crippen LogP) is 2.69. The van der Waals surface area contributed by atoms with Crippen LogP contribution in [-0.4, -0.2) is 39.8 Å². The molecule has 7 heteroatoms. The van der Waals surface area contributed by atoms with Crippen LogP contribution in [0.25, 0.3) is 0 Å². The van der Waals surface area contributed by atoms with Gasteiger partial charge >= 0.3 is 0 Å². The van der Waals surface area contributed by atoms with Gasteiger partial charge in [-0.3, -0.25) is 9.10 Å². The highest BCUT2D eigenvalue weighted by molar-refractivity contribution is 7.92. The van der Waals surface area contributed by atoms with Gasteiger partial charge in [0.2, 0.25) is 10.0 Å². The molecule has 25 heavy (non-hydrogen) atoms. The number of ether oxygens (including phenoxy) is 1.